The van der Waals surface area contributed by atoms with Gasteiger partial charge in [-0.05, 0) is 117 Å². The van der Waals surface area contributed by atoms with Gasteiger partial charge in [-0.3, -0.25) is 39.1 Å². The molecule has 0 aliphatic carbocycles. The standard InChI is InChI=1S/C44H46ClN7O5/c1-26-22-44(25-51(26)36-9-8-35(46-3)39(45)27(36)2)14-18-48(19-15-44)31-6-4-28(5-7-31)41(55)49-16-12-32(13-17-49)50-23-29-20-33-34(21-30(29)24-50)43(57)52(42(33)56)37-10-11-38(53)47-40(37)54/h4-9,20-21,26,32,37H,10-19,22-25H2,1-2H3,(H,47,53,54). The van der Waals surface area contributed by atoms with Gasteiger partial charge in [-0.1, -0.05) is 17.7 Å². The SMILES string of the molecule is [C-]#[N+]c1ccc(N2CC3(CCN(c4ccc(C(=O)N5CCC(N6Cc7cc8c(cc7C6)C(=O)N(C6CCC(=O)NC6=O)C8=O)CC5)cc4)CC3)CC2C)c(C)c1Cl. The lowest BCUT2D eigenvalue weighted by Crippen LogP contribution is -2.54. The van der Waals surface area contributed by atoms with Crippen LogP contribution < -0.4 is 15.1 Å². The second kappa shape index (κ2) is 14.3. The van der Waals surface area contributed by atoms with Crippen molar-refractivity contribution in [3.63, 3.8) is 0 Å². The maximum atomic E-state index is 13.6. The fourth-order valence-electron chi connectivity index (χ4n) is 10.4. The van der Waals surface area contributed by atoms with Crippen molar-refractivity contribution in [2.24, 2.45) is 5.41 Å². The highest BCUT2D eigenvalue weighted by molar-refractivity contribution is 6.34. The molecule has 5 amide bonds. The highest BCUT2D eigenvalue weighted by Gasteiger charge is 2.47. The number of nitrogens with one attached hydrogen (secondary N) is 1. The largest absolute Gasteiger partial charge is 0.371 e. The lowest BCUT2D eigenvalue weighted by molar-refractivity contribution is -0.136. The number of likely N-dealkylation sites (tertiary alicyclic amines) is 1. The Morgan fingerprint density at radius 2 is 1.54 bits per heavy atom. The minimum atomic E-state index is -0.974. The van der Waals surface area contributed by atoms with Gasteiger partial charge in [0.25, 0.3) is 17.7 Å². The second-order valence-corrected chi connectivity index (χ2v) is 17.3. The Labute approximate surface area is 337 Å². The third kappa shape index (κ3) is 6.45. The number of carbonyl (C=O) groups excluding carboxylic acids is 5. The summed E-state index contributed by atoms with van der Waals surface area (Å²) >= 11 is 6.55. The van der Waals surface area contributed by atoms with Crippen molar-refractivity contribution in [1.29, 1.82) is 0 Å². The fraction of sp³-hybridized carbons (Fsp3) is 0.455. The summed E-state index contributed by atoms with van der Waals surface area (Å²) in [4.78, 5) is 78.3. The number of amides is 5. The van der Waals surface area contributed by atoms with Crippen LogP contribution in [0.25, 0.3) is 4.85 Å². The minimum absolute atomic E-state index is 0.0520. The molecule has 4 fully saturated rings. The molecule has 6 heterocycles. The Kier molecular flexibility index (Phi) is 9.36. The van der Waals surface area contributed by atoms with E-state index in [4.69, 9.17) is 18.2 Å². The Morgan fingerprint density at radius 3 is 2.16 bits per heavy atom. The average molecular weight is 788 g/mol. The molecule has 1 spiro atoms. The summed E-state index contributed by atoms with van der Waals surface area (Å²) in [7, 11) is 0. The number of anilines is 2. The fourth-order valence-corrected chi connectivity index (χ4v) is 10.6. The molecule has 0 aromatic heterocycles. The van der Waals surface area contributed by atoms with Crippen molar-refractivity contribution in [3.8, 4) is 0 Å². The predicted octanol–water partition coefficient (Wildman–Crippen LogP) is 6.11. The van der Waals surface area contributed by atoms with E-state index in [-0.39, 0.29) is 30.2 Å². The van der Waals surface area contributed by atoms with Crippen molar-refractivity contribution in [3.05, 3.63) is 98.4 Å². The summed E-state index contributed by atoms with van der Waals surface area (Å²) in [5, 5.41) is 2.80. The number of hydrogen-bond acceptors (Lipinski definition) is 8. The van der Waals surface area contributed by atoms with Crippen LogP contribution >= 0.6 is 11.6 Å². The number of fused-ring (bicyclic) bond motifs is 2. The second-order valence-electron chi connectivity index (χ2n) is 16.9. The molecule has 0 saturated carbocycles. The first kappa shape index (κ1) is 37.3. The number of imide groups is 2. The Morgan fingerprint density at radius 1 is 0.895 bits per heavy atom. The zero-order valence-electron chi connectivity index (χ0n) is 32.4. The van der Waals surface area contributed by atoms with Crippen LogP contribution in [0.1, 0.15) is 99.6 Å². The number of rotatable bonds is 5. The molecule has 294 valence electrons. The minimum Gasteiger partial charge on any atom is -0.371 e. The summed E-state index contributed by atoms with van der Waals surface area (Å²) < 4.78 is 0. The maximum absolute atomic E-state index is 13.6. The quantitative estimate of drug-likeness (QED) is 0.244. The van der Waals surface area contributed by atoms with Crippen LogP contribution in [0.5, 0.6) is 0 Å². The molecule has 6 aliphatic heterocycles. The molecule has 2 atom stereocenters. The maximum Gasteiger partial charge on any atom is 0.262 e. The molecule has 2 unspecified atom stereocenters. The molecule has 4 saturated heterocycles. The van der Waals surface area contributed by atoms with Crippen molar-refractivity contribution < 1.29 is 24.0 Å². The monoisotopic (exact) mass is 787 g/mol. The molecular weight excluding hydrogens is 742 g/mol. The molecule has 3 aromatic rings. The summed E-state index contributed by atoms with van der Waals surface area (Å²) in [6.07, 6.45) is 5.23. The highest BCUT2D eigenvalue weighted by Crippen LogP contribution is 2.47. The molecule has 9 rings (SSSR count). The zero-order valence-corrected chi connectivity index (χ0v) is 33.1. The van der Waals surface area contributed by atoms with Crippen LogP contribution in [-0.2, 0) is 22.7 Å². The van der Waals surface area contributed by atoms with E-state index < -0.39 is 29.7 Å². The lowest BCUT2D eigenvalue weighted by atomic mass is 9.76. The Bertz CT molecular complexity index is 2210. The molecule has 1 N–H and O–H groups in total. The highest BCUT2D eigenvalue weighted by atomic mass is 35.5. The van der Waals surface area contributed by atoms with Crippen molar-refractivity contribution >= 4 is 58.2 Å². The first-order valence-corrected chi connectivity index (χ1v) is 20.5. The van der Waals surface area contributed by atoms with E-state index in [0.29, 0.717) is 59.6 Å². The van der Waals surface area contributed by atoms with Crippen molar-refractivity contribution in [1.82, 2.24) is 20.0 Å². The van der Waals surface area contributed by atoms with E-state index in [9.17, 15) is 24.0 Å². The number of benzene rings is 3. The molecule has 13 heteroatoms. The molecule has 6 aliphatic rings. The van der Waals surface area contributed by atoms with Crippen LogP contribution in [-0.4, -0.2) is 95.1 Å². The third-order valence-electron chi connectivity index (χ3n) is 13.6. The van der Waals surface area contributed by atoms with Gasteiger partial charge in [-0.2, -0.15) is 0 Å². The molecule has 12 nitrogen and oxygen atoms in total. The van der Waals surface area contributed by atoms with Crippen LogP contribution in [0.2, 0.25) is 5.02 Å². The summed E-state index contributed by atoms with van der Waals surface area (Å²) in [6.45, 7) is 17.3. The van der Waals surface area contributed by atoms with Gasteiger partial charge in [-0.15, -0.1) is 0 Å². The van der Waals surface area contributed by atoms with Gasteiger partial charge in [0.1, 0.15) is 6.04 Å². The third-order valence-corrected chi connectivity index (χ3v) is 14.1. The van der Waals surface area contributed by atoms with Crippen LogP contribution in [0.3, 0.4) is 0 Å². The number of hydrogen-bond donors (Lipinski definition) is 1. The Balaban J connectivity index is 0.769. The van der Waals surface area contributed by atoms with E-state index >= 15 is 0 Å². The topological polar surface area (TPSA) is 118 Å². The van der Waals surface area contributed by atoms with Gasteiger partial charge in [0, 0.05) is 81.3 Å². The number of piperidine rings is 3. The van der Waals surface area contributed by atoms with Crippen molar-refractivity contribution in [2.75, 3.05) is 42.5 Å². The smallest absolute Gasteiger partial charge is 0.262 e. The van der Waals surface area contributed by atoms with E-state index in [0.717, 1.165) is 84.7 Å². The van der Waals surface area contributed by atoms with Gasteiger partial charge >= 0.3 is 0 Å². The first-order chi connectivity index (χ1) is 27.4. The first-order valence-electron chi connectivity index (χ1n) is 20.1. The van der Waals surface area contributed by atoms with Crippen LogP contribution in [0, 0.1) is 18.9 Å². The van der Waals surface area contributed by atoms with Crippen LogP contribution in [0.15, 0.2) is 48.5 Å². The summed E-state index contributed by atoms with van der Waals surface area (Å²) in [5.74, 6) is -1.91. The predicted molar refractivity (Wildman–Crippen MR) is 215 cm³/mol. The molecular formula is C44H46ClN7O5. The zero-order chi connectivity index (χ0) is 39.7. The summed E-state index contributed by atoms with van der Waals surface area (Å²) in [6, 6.07) is 15.3. The average Bonchev–Trinajstić information content (AvgIpc) is 3.85. The molecule has 3 aromatic carbocycles. The molecule has 57 heavy (non-hydrogen) atoms. The number of nitrogens with zero attached hydrogens (tertiary/aromatic N) is 6. The molecule has 0 radical (unpaired) electrons. The lowest BCUT2D eigenvalue weighted by Gasteiger charge is -2.40. The normalized spacial score (nSPS) is 23.6. The van der Waals surface area contributed by atoms with Gasteiger partial charge in [-0.25, -0.2) is 4.85 Å². The van der Waals surface area contributed by atoms with Gasteiger partial charge < -0.3 is 14.7 Å². The van der Waals surface area contributed by atoms with E-state index in [1.807, 2.05) is 30.0 Å². The number of halogens is 1. The van der Waals surface area contributed by atoms with Gasteiger partial charge in [0.05, 0.1) is 22.7 Å². The van der Waals surface area contributed by atoms with E-state index in [1.165, 1.54) is 0 Å². The van der Waals surface area contributed by atoms with Gasteiger partial charge in [0.15, 0.2) is 0 Å². The molecule has 0 bridgehead atoms. The Hall–Kier alpha value is -5.25. The van der Waals surface area contributed by atoms with Gasteiger partial charge in [0.2, 0.25) is 17.5 Å². The number of carbonyl (C=O) groups is 5. The van der Waals surface area contributed by atoms with Crippen molar-refractivity contribution in [2.45, 2.75) is 90.0 Å². The van der Waals surface area contributed by atoms with Crippen LogP contribution in [0.4, 0.5) is 17.1 Å². The van der Waals surface area contributed by atoms with E-state index in [1.54, 1.807) is 12.1 Å². The van der Waals surface area contributed by atoms with E-state index in [2.05, 4.69) is 50.0 Å². The summed E-state index contributed by atoms with van der Waals surface area (Å²) in [5.41, 5.74) is 7.36.